The molecular weight excluding hydrogens is 238 g/mol. The lowest BCUT2D eigenvalue weighted by Gasteiger charge is -2.12. The van der Waals surface area contributed by atoms with Gasteiger partial charge in [-0.25, -0.2) is 4.79 Å². The van der Waals surface area contributed by atoms with Crippen molar-refractivity contribution in [2.75, 3.05) is 5.73 Å². The quantitative estimate of drug-likeness (QED) is 0.809. The minimum atomic E-state index is -2.63. The third-order valence-electron chi connectivity index (χ3n) is 1.78. The normalized spacial score (nSPS) is 18.1. The predicted molar refractivity (Wildman–Crippen MR) is 67.8 cm³/mol. The molecule has 0 fully saturated rings. The largest absolute Gasteiger partial charge is 0.480 e. The molecule has 0 aliphatic heterocycles. The van der Waals surface area contributed by atoms with E-state index in [4.69, 9.17) is 9.26 Å². The van der Waals surface area contributed by atoms with Crippen molar-refractivity contribution in [1.29, 1.82) is 0 Å². The Balaban J connectivity index is 2.82. The molecule has 2 atom stereocenters. The van der Waals surface area contributed by atoms with Crippen LogP contribution >= 0.6 is 11.8 Å². The molecule has 5 heteroatoms. The third-order valence-corrected chi connectivity index (χ3v) is 2.67. The van der Waals surface area contributed by atoms with Gasteiger partial charge in [-0.2, -0.15) is 11.8 Å². The zero-order valence-electron chi connectivity index (χ0n) is 12.3. The maximum Gasteiger partial charge on any atom is 0.327 e. The van der Waals surface area contributed by atoms with Gasteiger partial charge in [0.25, 0.3) is 0 Å². The number of carbonyl (C=O) groups excluding carboxylic acids is 1. The Morgan fingerprint density at radius 1 is 1.59 bits per heavy atom. The number of benzene rings is 1. The molecule has 0 bridgehead atoms. The summed E-state index contributed by atoms with van der Waals surface area (Å²) >= 11 is 0.895. The number of carboxylic acid groups (broad SMARTS) is 1. The van der Waals surface area contributed by atoms with Crippen molar-refractivity contribution in [3.8, 4) is 0 Å². The summed E-state index contributed by atoms with van der Waals surface area (Å²) in [7, 11) is 0. The van der Waals surface area contributed by atoms with Crippen LogP contribution in [0.4, 0.5) is 0 Å². The van der Waals surface area contributed by atoms with E-state index in [-0.39, 0.29) is 5.31 Å². The van der Waals surface area contributed by atoms with Crippen molar-refractivity contribution in [3.05, 3.63) is 35.9 Å². The second kappa shape index (κ2) is 6.96. The summed E-state index contributed by atoms with van der Waals surface area (Å²) < 4.78 is 23.0. The molecule has 0 saturated heterocycles. The standard InChI is InChI=1S/C12H15NO3S/c1-9(14)13-11(12(15)16)8-17-7-10-5-3-2-4-6-10/h2-6,11H,7-8H2,1H3,(H,13,14)(H,15,16)/t11-/m0/s1/i8D,11D/hD/t8?,11-. The third kappa shape index (κ3) is 5.40. The Hall–Kier alpha value is -1.49. The van der Waals surface area contributed by atoms with Gasteiger partial charge < -0.3 is 10.4 Å². The highest BCUT2D eigenvalue weighted by atomic mass is 32.2. The van der Waals surface area contributed by atoms with Crippen LogP contribution in [0.15, 0.2) is 30.3 Å². The van der Waals surface area contributed by atoms with Gasteiger partial charge in [-0.1, -0.05) is 30.3 Å². The van der Waals surface area contributed by atoms with Gasteiger partial charge in [-0.15, -0.1) is 0 Å². The molecule has 1 amide bonds. The van der Waals surface area contributed by atoms with Gasteiger partial charge in [0.2, 0.25) is 5.91 Å². The van der Waals surface area contributed by atoms with E-state index in [1.807, 2.05) is 30.3 Å². The van der Waals surface area contributed by atoms with Gasteiger partial charge in [0.1, 0.15) is 6.02 Å². The van der Waals surface area contributed by atoms with Gasteiger partial charge in [-0.05, 0) is 5.56 Å². The second-order valence-electron chi connectivity index (χ2n) is 3.24. The Morgan fingerprint density at radius 3 is 2.76 bits per heavy atom. The molecule has 2 N–H and O–H groups in total. The second-order valence-corrected chi connectivity index (χ2v) is 4.09. The zero-order chi connectivity index (χ0) is 15.3. The first kappa shape index (κ1) is 9.53. The summed E-state index contributed by atoms with van der Waals surface area (Å²) in [5.74, 6) is -2.25. The summed E-state index contributed by atoms with van der Waals surface area (Å²) in [5, 5.41) is 9.12. The van der Waals surface area contributed by atoms with Crippen molar-refractivity contribution in [1.82, 2.24) is 5.31 Å². The summed E-state index contributed by atoms with van der Waals surface area (Å²) in [6, 6.07) is 6.45. The molecule has 1 rings (SSSR count). The highest BCUT2D eigenvalue weighted by Crippen LogP contribution is 2.12. The topological polar surface area (TPSA) is 66.4 Å². The number of amides is 1. The monoisotopic (exact) mass is 256 g/mol. The van der Waals surface area contributed by atoms with Gasteiger partial charge in [0, 0.05) is 19.8 Å². The van der Waals surface area contributed by atoms with E-state index in [1.165, 1.54) is 0 Å². The molecule has 0 aromatic heterocycles. The number of aliphatic carboxylic acids is 1. The number of hydrogen-bond donors (Lipinski definition) is 2. The first-order valence-corrected chi connectivity index (χ1v) is 5.96. The van der Waals surface area contributed by atoms with Crippen LogP contribution in [-0.2, 0) is 15.3 Å². The molecule has 1 aromatic rings. The molecular formula is C12H15NO3S. The highest BCUT2D eigenvalue weighted by molar-refractivity contribution is 7.98. The van der Waals surface area contributed by atoms with Gasteiger partial charge in [0.05, 0.1) is 1.37 Å². The first-order chi connectivity index (χ1) is 9.30. The minimum Gasteiger partial charge on any atom is -0.480 e. The molecule has 92 valence electrons. The fraction of sp³-hybridized carbons (Fsp3) is 0.333. The van der Waals surface area contributed by atoms with Crippen LogP contribution in [-0.4, -0.2) is 28.7 Å². The number of carboxylic acids is 1. The summed E-state index contributed by atoms with van der Waals surface area (Å²) in [6.45, 7) is 0.994. The van der Waals surface area contributed by atoms with Crippen LogP contribution < -0.4 is 5.31 Å². The van der Waals surface area contributed by atoms with E-state index in [2.05, 4.69) is 0 Å². The Kier molecular flexibility index (Phi) is 3.90. The Labute approximate surface area is 109 Å². The van der Waals surface area contributed by atoms with Crippen LogP contribution in [0, 0.1) is 0 Å². The van der Waals surface area contributed by atoms with Crippen LogP contribution in [0.1, 0.15) is 15.2 Å². The van der Waals surface area contributed by atoms with E-state index in [9.17, 15) is 9.59 Å². The molecule has 0 saturated carbocycles. The smallest absolute Gasteiger partial charge is 0.327 e. The molecule has 0 spiro atoms. The molecule has 0 aliphatic carbocycles. The summed E-state index contributed by atoms with van der Waals surface area (Å²) in [5.41, 5.74) is -0.622. The molecule has 0 heterocycles. The van der Waals surface area contributed by atoms with Crippen LogP contribution in [0.25, 0.3) is 0 Å². The van der Waals surface area contributed by atoms with Crippen molar-refractivity contribution < 1.29 is 18.8 Å². The number of thioether (sulfide) groups is 1. The molecule has 17 heavy (non-hydrogen) atoms. The lowest BCUT2D eigenvalue weighted by atomic mass is 10.2. The molecule has 1 aromatic carbocycles. The number of nitrogens with one attached hydrogen (secondary N) is 1. The maximum absolute atomic E-state index is 11.2. The average Bonchev–Trinajstić information content (AvgIpc) is 2.43. The minimum absolute atomic E-state index is 0.0327. The van der Waals surface area contributed by atoms with Gasteiger partial charge in [0.15, 0.2) is 1.41 Å². The fourth-order valence-electron chi connectivity index (χ4n) is 1.09. The van der Waals surface area contributed by atoms with Gasteiger partial charge in [-0.3, -0.25) is 4.79 Å². The van der Waals surface area contributed by atoms with Crippen molar-refractivity contribution in [2.24, 2.45) is 0 Å². The van der Waals surface area contributed by atoms with E-state index in [0.29, 0.717) is 5.75 Å². The number of carbonyl (C=O) groups is 2. The van der Waals surface area contributed by atoms with Crippen LogP contribution in [0.2, 0.25) is 1.41 Å². The van der Waals surface area contributed by atoms with Crippen molar-refractivity contribution in [3.63, 3.8) is 0 Å². The fourth-order valence-corrected chi connectivity index (χ4v) is 1.86. The Bertz CT molecular complexity index is 488. The molecule has 0 aliphatic rings. The van der Waals surface area contributed by atoms with E-state index in [0.717, 1.165) is 24.2 Å². The number of hydrogen-bond acceptors (Lipinski definition) is 3. The molecule has 1 unspecified atom stereocenters. The van der Waals surface area contributed by atoms with E-state index in [1.54, 1.807) is 0 Å². The van der Waals surface area contributed by atoms with Crippen LogP contribution in [0.3, 0.4) is 0 Å². The predicted octanol–water partition coefficient (Wildman–Crippen LogP) is 1.51. The number of rotatable bonds is 6. The van der Waals surface area contributed by atoms with Crippen LogP contribution in [0.5, 0.6) is 0 Å². The Morgan fingerprint density at radius 2 is 2.24 bits per heavy atom. The van der Waals surface area contributed by atoms with Crippen molar-refractivity contribution >= 4 is 23.6 Å². The zero-order valence-corrected chi connectivity index (χ0v) is 10.1. The summed E-state index contributed by atoms with van der Waals surface area (Å²) in [4.78, 5) is 22.3. The SMILES string of the molecule is [2H]C(SCc1ccccc1)[C@@]([2H])(C(=O)O)N([2H])C(C)=O. The summed E-state index contributed by atoms with van der Waals surface area (Å²) in [6.07, 6.45) is 0. The highest BCUT2D eigenvalue weighted by Gasteiger charge is 2.17. The lowest BCUT2D eigenvalue weighted by Crippen LogP contribution is -2.41. The van der Waals surface area contributed by atoms with Crippen molar-refractivity contribution in [2.45, 2.75) is 18.7 Å². The lowest BCUT2D eigenvalue weighted by molar-refractivity contribution is -0.140. The van der Waals surface area contributed by atoms with E-state index < -0.39 is 23.6 Å². The molecule has 4 nitrogen and oxygen atoms in total. The van der Waals surface area contributed by atoms with Gasteiger partial charge >= 0.3 is 5.97 Å². The average molecular weight is 256 g/mol. The first-order valence-electron chi connectivity index (χ1n) is 6.43. The maximum atomic E-state index is 11.2. The van der Waals surface area contributed by atoms with E-state index >= 15 is 0 Å². The molecule has 0 radical (unpaired) electrons.